The summed E-state index contributed by atoms with van der Waals surface area (Å²) in [5.74, 6) is 0.950. The molecule has 1 amide bonds. The minimum Gasteiger partial charge on any atom is -0.490 e. The van der Waals surface area contributed by atoms with Gasteiger partial charge in [-0.25, -0.2) is 0 Å². The Labute approximate surface area is 207 Å². The Balaban J connectivity index is 1.67. The van der Waals surface area contributed by atoms with Crippen LogP contribution in [0.3, 0.4) is 0 Å². The summed E-state index contributed by atoms with van der Waals surface area (Å²) in [7, 11) is 0. The normalized spacial score (nSPS) is 10.5. The Bertz CT molecular complexity index is 1100. The van der Waals surface area contributed by atoms with Crippen LogP contribution in [0.4, 0.5) is 11.4 Å². The number of hydrogen-bond acceptors (Lipinski definition) is 4. The smallest absolute Gasteiger partial charge is 0.262 e. The molecular formula is C25H26ClIN2O3. The van der Waals surface area contributed by atoms with E-state index in [9.17, 15) is 4.79 Å². The van der Waals surface area contributed by atoms with Crippen molar-refractivity contribution in [1.29, 1.82) is 0 Å². The molecular weight excluding hydrogens is 539 g/mol. The number of carbonyl (C=O) groups is 1. The molecule has 0 atom stereocenters. The summed E-state index contributed by atoms with van der Waals surface area (Å²) >= 11 is 8.42. The number of anilines is 2. The molecule has 0 aliphatic carbocycles. The van der Waals surface area contributed by atoms with Crippen LogP contribution in [0.1, 0.15) is 23.6 Å². The van der Waals surface area contributed by atoms with Gasteiger partial charge in [-0.3, -0.25) is 4.79 Å². The molecule has 0 radical (unpaired) electrons. The fourth-order valence-corrected chi connectivity index (χ4v) is 4.09. The number of halogens is 2. The van der Waals surface area contributed by atoms with E-state index in [1.807, 2.05) is 75.4 Å². The molecule has 2 N–H and O–H groups in total. The van der Waals surface area contributed by atoms with Crippen LogP contribution in [0, 0.1) is 17.4 Å². The lowest BCUT2D eigenvalue weighted by Crippen LogP contribution is -2.20. The third-order valence-corrected chi connectivity index (χ3v) is 5.90. The third kappa shape index (κ3) is 6.77. The van der Waals surface area contributed by atoms with Gasteiger partial charge in [0.25, 0.3) is 5.91 Å². The Hall–Kier alpha value is -2.45. The van der Waals surface area contributed by atoms with Gasteiger partial charge < -0.3 is 20.1 Å². The van der Waals surface area contributed by atoms with Crippen molar-refractivity contribution in [1.82, 2.24) is 0 Å². The molecule has 0 spiro atoms. The summed E-state index contributed by atoms with van der Waals surface area (Å²) in [6.45, 7) is 6.86. The second-order valence-corrected chi connectivity index (χ2v) is 8.93. The first-order chi connectivity index (χ1) is 15.4. The van der Waals surface area contributed by atoms with Crippen LogP contribution >= 0.6 is 34.2 Å². The van der Waals surface area contributed by atoms with E-state index in [1.54, 1.807) is 0 Å². The highest BCUT2D eigenvalue weighted by atomic mass is 127. The van der Waals surface area contributed by atoms with Gasteiger partial charge in [0, 0.05) is 22.9 Å². The van der Waals surface area contributed by atoms with E-state index in [0.29, 0.717) is 24.7 Å². The van der Waals surface area contributed by atoms with Gasteiger partial charge in [0.05, 0.1) is 10.2 Å². The second kappa shape index (κ2) is 11.4. The van der Waals surface area contributed by atoms with Crippen LogP contribution in [0.2, 0.25) is 5.02 Å². The number of carbonyl (C=O) groups excluding carboxylic acids is 1. The molecule has 0 unspecified atom stereocenters. The maximum atomic E-state index is 12.4. The summed E-state index contributed by atoms with van der Waals surface area (Å²) in [5, 5.41) is 6.96. The van der Waals surface area contributed by atoms with Gasteiger partial charge in [0.1, 0.15) is 0 Å². The molecule has 5 nitrogen and oxygen atoms in total. The van der Waals surface area contributed by atoms with Gasteiger partial charge in [0.15, 0.2) is 18.1 Å². The summed E-state index contributed by atoms with van der Waals surface area (Å²) in [4.78, 5) is 12.4. The molecule has 0 aliphatic heterocycles. The number of rotatable bonds is 9. The first-order valence-electron chi connectivity index (χ1n) is 10.3. The van der Waals surface area contributed by atoms with Gasteiger partial charge in [-0.2, -0.15) is 0 Å². The first kappa shape index (κ1) is 24.2. The van der Waals surface area contributed by atoms with Crippen molar-refractivity contribution < 1.29 is 14.3 Å². The molecule has 32 heavy (non-hydrogen) atoms. The monoisotopic (exact) mass is 564 g/mol. The number of aryl methyl sites for hydroxylation is 2. The van der Waals surface area contributed by atoms with Crippen LogP contribution in [-0.4, -0.2) is 19.1 Å². The van der Waals surface area contributed by atoms with Crippen LogP contribution in [-0.2, 0) is 11.3 Å². The zero-order valence-corrected chi connectivity index (χ0v) is 21.2. The van der Waals surface area contributed by atoms with Crippen molar-refractivity contribution in [3.05, 3.63) is 79.9 Å². The largest absolute Gasteiger partial charge is 0.490 e. The lowest BCUT2D eigenvalue weighted by atomic mass is 10.2. The van der Waals surface area contributed by atoms with Gasteiger partial charge >= 0.3 is 0 Å². The van der Waals surface area contributed by atoms with Crippen molar-refractivity contribution in [2.45, 2.75) is 27.3 Å². The quantitative estimate of drug-likeness (QED) is 0.288. The SMILES string of the molecule is CCOc1cc(CNc2ccc(C)c(Cl)c2)cc(I)c1OCC(=O)Nc1cccc(C)c1. The van der Waals surface area contributed by atoms with Gasteiger partial charge in [-0.15, -0.1) is 0 Å². The number of benzene rings is 3. The highest BCUT2D eigenvalue weighted by Crippen LogP contribution is 2.34. The highest BCUT2D eigenvalue weighted by molar-refractivity contribution is 14.1. The van der Waals surface area contributed by atoms with Crippen molar-refractivity contribution in [2.24, 2.45) is 0 Å². The number of hydrogen-bond donors (Lipinski definition) is 2. The number of nitrogens with one attached hydrogen (secondary N) is 2. The fraction of sp³-hybridized carbons (Fsp3) is 0.240. The van der Waals surface area contributed by atoms with Crippen LogP contribution in [0.15, 0.2) is 54.6 Å². The van der Waals surface area contributed by atoms with E-state index in [2.05, 4.69) is 33.2 Å². The van der Waals surface area contributed by atoms with E-state index >= 15 is 0 Å². The lowest BCUT2D eigenvalue weighted by molar-refractivity contribution is -0.118. The van der Waals surface area contributed by atoms with E-state index in [1.165, 1.54) is 0 Å². The molecule has 7 heteroatoms. The number of amides is 1. The van der Waals surface area contributed by atoms with Crippen molar-refractivity contribution >= 4 is 51.5 Å². The van der Waals surface area contributed by atoms with Crippen molar-refractivity contribution in [2.75, 3.05) is 23.8 Å². The standard InChI is InChI=1S/C25H26ClIN2O3/c1-4-31-23-12-18(14-28-19-9-8-17(3)21(26)13-19)11-22(27)25(23)32-15-24(30)29-20-7-5-6-16(2)10-20/h5-13,28H,4,14-15H2,1-3H3,(H,29,30). The lowest BCUT2D eigenvalue weighted by Gasteiger charge is -2.16. The van der Waals surface area contributed by atoms with Crippen LogP contribution < -0.4 is 20.1 Å². The Morgan fingerprint density at radius 1 is 1.03 bits per heavy atom. The molecule has 3 rings (SSSR count). The molecule has 3 aromatic carbocycles. The predicted molar refractivity (Wildman–Crippen MR) is 139 cm³/mol. The number of ether oxygens (including phenoxy) is 2. The van der Waals surface area contributed by atoms with Crippen LogP contribution in [0.5, 0.6) is 11.5 Å². The van der Waals surface area contributed by atoms with Crippen molar-refractivity contribution in [3.63, 3.8) is 0 Å². The molecule has 0 fully saturated rings. The van der Waals surface area contributed by atoms with Gasteiger partial charge in [-0.05, 0) is 96.5 Å². The van der Waals surface area contributed by atoms with Crippen LogP contribution in [0.25, 0.3) is 0 Å². The zero-order chi connectivity index (χ0) is 23.1. The summed E-state index contributed by atoms with van der Waals surface area (Å²) in [6.07, 6.45) is 0. The Morgan fingerprint density at radius 3 is 2.56 bits per heavy atom. The van der Waals surface area contributed by atoms with E-state index in [4.69, 9.17) is 21.1 Å². The molecule has 168 valence electrons. The molecule has 0 aromatic heterocycles. The minimum absolute atomic E-state index is 0.108. The first-order valence-corrected chi connectivity index (χ1v) is 11.8. The summed E-state index contributed by atoms with van der Waals surface area (Å²) < 4.78 is 12.5. The minimum atomic E-state index is -0.226. The molecule has 0 saturated carbocycles. The average molecular weight is 565 g/mol. The molecule has 0 bridgehead atoms. The topological polar surface area (TPSA) is 59.6 Å². The molecule has 0 heterocycles. The van der Waals surface area contributed by atoms with E-state index < -0.39 is 0 Å². The fourth-order valence-electron chi connectivity index (χ4n) is 3.09. The third-order valence-electron chi connectivity index (χ3n) is 4.69. The Kier molecular flexibility index (Phi) is 8.64. The second-order valence-electron chi connectivity index (χ2n) is 7.36. The van der Waals surface area contributed by atoms with E-state index in [-0.39, 0.29) is 12.5 Å². The molecule has 0 saturated heterocycles. The maximum Gasteiger partial charge on any atom is 0.262 e. The average Bonchev–Trinajstić information content (AvgIpc) is 2.74. The Morgan fingerprint density at radius 2 is 1.84 bits per heavy atom. The molecule has 0 aliphatic rings. The van der Waals surface area contributed by atoms with Gasteiger partial charge in [-0.1, -0.05) is 29.8 Å². The van der Waals surface area contributed by atoms with Crippen molar-refractivity contribution in [3.8, 4) is 11.5 Å². The maximum absolute atomic E-state index is 12.4. The van der Waals surface area contributed by atoms with Gasteiger partial charge in [0.2, 0.25) is 0 Å². The highest BCUT2D eigenvalue weighted by Gasteiger charge is 2.14. The summed E-state index contributed by atoms with van der Waals surface area (Å²) in [6, 6.07) is 17.5. The van der Waals surface area contributed by atoms with E-state index in [0.717, 1.165) is 36.7 Å². The predicted octanol–water partition coefficient (Wildman–Crippen LogP) is 6.59. The molecule has 3 aromatic rings. The zero-order valence-electron chi connectivity index (χ0n) is 18.3. The summed E-state index contributed by atoms with van der Waals surface area (Å²) in [5.41, 5.74) is 4.84.